The molecule has 0 N–H and O–H groups in total. The molecule has 0 aromatic carbocycles. The molecule has 0 saturated carbocycles. The summed E-state index contributed by atoms with van der Waals surface area (Å²) in [6, 6.07) is 0. The van der Waals surface area contributed by atoms with Gasteiger partial charge in [0, 0.05) is 19.6 Å². The lowest BCUT2D eigenvalue weighted by molar-refractivity contribution is 0.135. The fourth-order valence-electron chi connectivity index (χ4n) is 3.76. The van der Waals surface area contributed by atoms with Crippen LogP contribution in [0.4, 0.5) is 0 Å². The zero-order chi connectivity index (χ0) is 28.5. The second kappa shape index (κ2) is 16.1. The van der Waals surface area contributed by atoms with Gasteiger partial charge in [-0.1, -0.05) is 0 Å². The molecule has 0 aromatic rings. The molecule has 216 valence electrons. The Morgan fingerprint density at radius 1 is 0.417 bits per heavy atom. The molecule has 0 atom stereocenters. The molecule has 0 saturated heterocycles. The fourth-order valence-corrected chi connectivity index (χ4v) is 39.1. The first-order chi connectivity index (χ1) is 16.2. The van der Waals surface area contributed by atoms with Crippen molar-refractivity contribution in [3.05, 3.63) is 12.3 Å². The average Bonchev–Trinajstić information content (AvgIpc) is 2.55. The van der Waals surface area contributed by atoms with Crippen molar-refractivity contribution in [2.45, 2.75) is 98.2 Å². The zero-order valence-corrected chi connectivity index (χ0v) is 36.4. The van der Waals surface area contributed by atoms with E-state index in [0.717, 1.165) is 0 Å². The third-order valence-electron chi connectivity index (χ3n) is 3.93. The van der Waals surface area contributed by atoms with E-state index in [9.17, 15) is 0 Å². The van der Waals surface area contributed by atoms with Crippen LogP contribution in [-0.4, -0.2) is 89.5 Å². The van der Waals surface area contributed by atoms with Crippen LogP contribution in [0.25, 0.3) is 0 Å². The highest BCUT2D eigenvalue weighted by atomic mass is 28.6. The van der Waals surface area contributed by atoms with Gasteiger partial charge in [-0.05, 0) is 84.3 Å². The number of hydrogen-bond donors (Lipinski definition) is 0. The third kappa shape index (κ3) is 15.4. The van der Waals surface area contributed by atoms with Crippen LogP contribution in [0.1, 0.15) is 0 Å². The maximum atomic E-state index is 6.87. The minimum atomic E-state index is -3.74. The Labute approximate surface area is 236 Å². The van der Waals surface area contributed by atoms with Crippen LogP contribution < -0.4 is 0 Å². The van der Waals surface area contributed by atoms with E-state index in [1.165, 1.54) is 0 Å². The summed E-state index contributed by atoms with van der Waals surface area (Å²) in [7, 11) is -22.3. The van der Waals surface area contributed by atoms with Crippen LogP contribution in [0, 0.1) is 0 Å². The van der Waals surface area contributed by atoms with E-state index in [1.807, 2.05) is 19.6 Å². The first-order valence-corrected chi connectivity index (χ1v) is 38.1. The molecule has 0 spiro atoms. The summed E-state index contributed by atoms with van der Waals surface area (Å²) in [5.41, 5.74) is 1.66. The van der Waals surface area contributed by atoms with Gasteiger partial charge in [0.25, 0.3) is 0 Å². The molecule has 0 fully saturated rings. The van der Waals surface area contributed by atoms with Gasteiger partial charge in [-0.2, -0.15) is 0 Å². The molecule has 0 aliphatic rings. The van der Waals surface area contributed by atoms with Crippen LogP contribution in [0.2, 0.25) is 98.2 Å². The molecule has 9 nitrogen and oxygen atoms in total. The van der Waals surface area contributed by atoms with Gasteiger partial charge >= 0.3 is 35.2 Å². The maximum absolute atomic E-state index is 6.87. The standard InChI is InChI=1S/C17H54O9Si10/c1-17-36(24-33(14,18-27(2)3)19-28(4)5,25-34(15,20-29(6)7)21-30(8)9)26-35(16,22-31(10)11)23-32(12)13/h17,27-32H,1H2,2-16H3. The first-order valence-electron chi connectivity index (χ1n) is 13.0. The summed E-state index contributed by atoms with van der Waals surface area (Å²) < 4.78 is 59.3. The Morgan fingerprint density at radius 2 is 0.583 bits per heavy atom. The molecule has 0 unspecified atom stereocenters. The van der Waals surface area contributed by atoms with Crippen molar-refractivity contribution in [3.63, 3.8) is 0 Å². The Hall–Kier alpha value is 1.55. The van der Waals surface area contributed by atoms with Gasteiger partial charge in [0.1, 0.15) is 0 Å². The fraction of sp³-hybridized carbons (Fsp3) is 0.882. The van der Waals surface area contributed by atoms with Gasteiger partial charge in [0.15, 0.2) is 54.2 Å². The van der Waals surface area contributed by atoms with Gasteiger partial charge in [-0.15, -0.1) is 6.58 Å². The summed E-state index contributed by atoms with van der Waals surface area (Å²) in [5, 5.41) is 0. The first kappa shape index (κ1) is 37.5. The van der Waals surface area contributed by atoms with E-state index in [-0.39, 0.29) is 0 Å². The Balaban J connectivity index is 6.83. The molecule has 36 heavy (non-hydrogen) atoms. The lowest BCUT2D eigenvalue weighted by Crippen LogP contribution is -2.68. The molecular weight excluding hydrogens is 629 g/mol. The zero-order valence-electron chi connectivity index (χ0n) is 25.4. The van der Waals surface area contributed by atoms with Crippen molar-refractivity contribution in [2.75, 3.05) is 0 Å². The molecular formula is C17H54O9Si10. The van der Waals surface area contributed by atoms with Crippen molar-refractivity contribution in [2.24, 2.45) is 0 Å². The Bertz CT molecular complexity index is 546. The lowest BCUT2D eigenvalue weighted by Gasteiger charge is -2.44. The molecule has 0 aromatic heterocycles. The van der Waals surface area contributed by atoms with E-state index in [1.54, 1.807) is 5.70 Å². The van der Waals surface area contributed by atoms with E-state index in [4.69, 9.17) is 37.0 Å². The van der Waals surface area contributed by atoms with E-state index in [0.29, 0.717) is 0 Å². The van der Waals surface area contributed by atoms with Gasteiger partial charge in [0.05, 0.1) is 0 Å². The summed E-state index contributed by atoms with van der Waals surface area (Å²) in [5.74, 6) is 0. The van der Waals surface area contributed by atoms with Crippen molar-refractivity contribution < 1.29 is 37.0 Å². The van der Waals surface area contributed by atoms with E-state index >= 15 is 0 Å². The van der Waals surface area contributed by atoms with Crippen LogP contribution >= 0.6 is 0 Å². The maximum Gasteiger partial charge on any atom is 0.506 e. The van der Waals surface area contributed by atoms with Gasteiger partial charge in [0.2, 0.25) is 0 Å². The second-order valence-electron chi connectivity index (χ2n) is 10.7. The molecule has 0 aliphatic heterocycles. The highest BCUT2D eigenvalue weighted by molar-refractivity contribution is 6.92. The van der Waals surface area contributed by atoms with Gasteiger partial charge in [-0.25, -0.2) is 0 Å². The van der Waals surface area contributed by atoms with Gasteiger partial charge in [-0.3, -0.25) is 0 Å². The quantitative estimate of drug-likeness (QED) is 0.191. The van der Waals surface area contributed by atoms with Gasteiger partial charge < -0.3 is 37.0 Å². The number of hydrogen-bond acceptors (Lipinski definition) is 9. The summed E-state index contributed by atoms with van der Waals surface area (Å²) in [4.78, 5) is 0. The second-order valence-corrected chi connectivity index (χ2v) is 38.2. The van der Waals surface area contributed by atoms with Crippen LogP contribution in [0.15, 0.2) is 12.3 Å². The summed E-state index contributed by atoms with van der Waals surface area (Å²) in [6.45, 7) is 35.3. The highest BCUT2D eigenvalue weighted by Crippen LogP contribution is 2.31. The molecule has 0 rings (SSSR count). The van der Waals surface area contributed by atoms with Crippen LogP contribution in [0.5, 0.6) is 0 Å². The number of rotatable bonds is 19. The average molecular weight is 683 g/mol. The van der Waals surface area contributed by atoms with Crippen LogP contribution in [-0.2, 0) is 37.0 Å². The molecule has 0 bridgehead atoms. The Kier molecular flexibility index (Phi) is 16.8. The molecule has 0 radical (unpaired) electrons. The largest absolute Gasteiger partial charge is 0.506 e. The van der Waals surface area contributed by atoms with Crippen molar-refractivity contribution in [3.8, 4) is 0 Å². The molecule has 19 heteroatoms. The normalized spacial score (nSPS) is 14.4. The minimum absolute atomic E-state index is 1.52. The minimum Gasteiger partial charge on any atom is -0.420 e. The van der Waals surface area contributed by atoms with Crippen molar-refractivity contribution in [1.29, 1.82) is 0 Å². The van der Waals surface area contributed by atoms with E-state index < -0.39 is 89.5 Å². The topological polar surface area (TPSA) is 83.1 Å². The highest BCUT2D eigenvalue weighted by Gasteiger charge is 2.59. The lowest BCUT2D eigenvalue weighted by atomic mass is 11.3. The Morgan fingerprint density at radius 3 is 0.694 bits per heavy atom. The summed E-state index contributed by atoms with van der Waals surface area (Å²) >= 11 is 0. The molecule has 0 heterocycles. The predicted octanol–water partition coefficient (Wildman–Crippen LogP) is 3.41. The monoisotopic (exact) mass is 682 g/mol. The van der Waals surface area contributed by atoms with Crippen LogP contribution in [0.3, 0.4) is 0 Å². The SMILES string of the molecule is C=C[Si](O[Si](C)(O[SiH](C)C)O[SiH](C)C)(O[Si](C)(O[SiH](C)C)O[SiH](C)C)O[Si](C)(O[SiH](C)C)O[SiH](C)C. The molecule has 0 aliphatic carbocycles. The smallest absolute Gasteiger partial charge is 0.420 e. The van der Waals surface area contributed by atoms with Crippen molar-refractivity contribution in [1.82, 2.24) is 0 Å². The third-order valence-corrected chi connectivity index (χ3v) is 33.9. The summed E-state index contributed by atoms with van der Waals surface area (Å²) in [6.07, 6.45) is 0. The van der Waals surface area contributed by atoms with Crippen molar-refractivity contribution >= 4 is 89.5 Å². The predicted molar refractivity (Wildman–Crippen MR) is 174 cm³/mol. The van der Waals surface area contributed by atoms with E-state index in [2.05, 4.69) is 85.1 Å². The molecule has 0 amide bonds.